The second kappa shape index (κ2) is 6.81. The van der Waals surface area contributed by atoms with Gasteiger partial charge in [0, 0.05) is 0 Å². The number of aliphatic hydroxyl groups is 2. The molecule has 0 aromatic heterocycles. The minimum atomic E-state index is -1.09. The molecule has 3 unspecified atom stereocenters. The van der Waals surface area contributed by atoms with Gasteiger partial charge in [-0.25, -0.2) is 9.59 Å². The van der Waals surface area contributed by atoms with E-state index in [0.29, 0.717) is 12.2 Å². The second-order valence-electron chi connectivity index (χ2n) is 4.16. The summed E-state index contributed by atoms with van der Waals surface area (Å²) in [5, 5.41) is 30.0. The third-order valence-corrected chi connectivity index (χ3v) is 3.40. The van der Waals surface area contributed by atoms with E-state index in [1.807, 2.05) is 6.26 Å². The molecule has 0 aromatic rings. The van der Waals surface area contributed by atoms with Gasteiger partial charge >= 0.3 is 12.0 Å². The average Bonchev–Trinajstić information content (AvgIpc) is 2.64. The molecule has 1 fully saturated rings. The number of carbonyl (C=O) groups is 2. The highest BCUT2D eigenvalue weighted by atomic mass is 32.2. The van der Waals surface area contributed by atoms with Gasteiger partial charge in [-0.1, -0.05) is 0 Å². The first-order valence-electron chi connectivity index (χ1n) is 5.59. The lowest BCUT2D eigenvalue weighted by molar-refractivity contribution is -0.139. The highest BCUT2D eigenvalue weighted by Crippen LogP contribution is 2.10. The van der Waals surface area contributed by atoms with Crippen LogP contribution in [-0.4, -0.2) is 75.6 Å². The topological polar surface area (TPSA) is 110 Å². The van der Waals surface area contributed by atoms with E-state index in [-0.39, 0.29) is 13.1 Å². The second-order valence-corrected chi connectivity index (χ2v) is 5.15. The molecule has 1 aliphatic rings. The van der Waals surface area contributed by atoms with E-state index < -0.39 is 30.3 Å². The molecule has 0 aromatic carbocycles. The fourth-order valence-electron chi connectivity index (χ4n) is 1.67. The number of hydrogen-bond donors (Lipinski definition) is 4. The predicted octanol–water partition coefficient (Wildman–Crippen LogP) is -1.06. The van der Waals surface area contributed by atoms with Crippen molar-refractivity contribution in [1.29, 1.82) is 0 Å². The highest BCUT2D eigenvalue weighted by molar-refractivity contribution is 7.98. The van der Waals surface area contributed by atoms with Crippen LogP contribution in [0.15, 0.2) is 0 Å². The largest absolute Gasteiger partial charge is 0.480 e. The van der Waals surface area contributed by atoms with Crippen LogP contribution in [0, 0.1) is 0 Å². The average molecular weight is 278 g/mol. The predicted molar refractivity (Wildman–Crippen MR) is 66.5 cm³/mol. The number of aliphatic hydroxyl groups excluding tert-OH is 2. The van der Waals surface area contributed by atoms with Crippen molar-refractivity contribution in [2.45, 2.75) is 24.7 Å². The molecule has 18 heavy (non-hydrogen) atoms. The van der Waals surface area contributed by atoms with Crippen LogP contribution in [0.25, 0.3) is 0 Å². The number of likely N-dealkylation sites (tertiary alicyclic amines) is 1. The molecule has 1 heterocycles. The van der Waals surface area contributed by atoms with E-state index in [0.717, 1.165) is 0 Å². The van der Waals surface area contributed by atoms with Crippen molar-refractivity contribution in [1.82, 2.24) is 10.2 Å². The summed E-state index contributed by atoms with van der Waals surface area (Å²) in [6.07, 6.45) is 0.255. The van der Waals surface area contributed by atoms with Gasteiger partial charge in [-0.2, -0.15) is 11.8 Å². The molecule has 0 bridgehead atoms. The Bertz CT molecular complexity index is 305. The van der Waals surface area contributed by atoms with E-state index in [4.69, 9.17) is 5.11 Å². The number of aliphatic carboxylic acids is 1. The van der Waals surface area contributed by atoms with Crippen molar-refractivity contribution in [2.24, 2.45) is 0 Å². The molecule has 8 heteroatoms. The van der Waals surface area contributed by atoms with Crippen LogP contribution in [-0.2, 0) is 4.79 Å². The number of rotatable bonds is 5. The molecule has 0 aliphatic carbocycles. The first-order valence-corrected chi connectivity index (χ1v) is 6.98. The summed E-state index contributed by atoms with van der Waals surface area (Å²) in [4.78, 5) is 23.9. The van der Waals surface area contributed by atoms with Crippen molar-refractivity contribution in [2.75, 3.05) is 25.1 Å². The number of amides is 2. The number of nitrogens with zero attached hydrogens (tertiary/aromatic N) is 1. The third-order valence-electron chi connectivity index (χ3n) is 2.75. The van der Waals surface area contributed by atoms with Crippen molar-refractivity contribution in [3.63, 3.8) is 0 Å². The molecule has 7 nitrogen and oxygen atoms in total. The fourth-order valence-corrected chi connectivity index (χ4v) is 2.14. The maximum absolute atomic E-state index is 11.7. The van der Waals surface area contributed by atoms with Crippen molar-refractivity contribution in [3.05, 3.63) is 0 Å². The van der Waals surface area contributed by atoms with Crippen LogP contribution in [0.3, 0.4) is 0 Å². The van der Waals surface area contributed by atoms with Crippen molar-refractivity contribution in [3.8, 4) is 0 Å². The van der Waals surface area contributed by atoms with Crippen LogP contribution >= 0.6 is 11.8 Å². The summed E-state index contributed by atoms with van der Waals surface area (Å²) in [6, 6.07) is -1.51. The quantitative estimate of drug-likeness (QED) is 0.510. The van der Waals surface area contributed by atoms with Gasteiger partial charge in [0.05, 0.1) is 25.3 Å². The zero-order valence-corrected chi connectivity index (χ0v) is 10.9. The minimum Gasteiger partial charge on any atom is -0.480 e. The molecular weight excluding hydrogens is 260 g/mol. The Morgan fingerprint density at radius 3 is 2.39 bits per heavy atom. The van der Waals surface area contributed by atoms with E-state index in [1.54, 1.807) is 0 Å². The molecule has 0 spiro atoms. The maximum Gasteiger partial charge on any atom is 0.326 e. The molecule has 2 amide bonds. The maximum atomic E-state index is 11.7. The smallest absolute Gasteiger partial charge is 0.326 e. The normalized spacial score (nSPS) is 24.9. The first-order chi connectivity index (χ1) is 8.45. The van der Waals surface area contributed by atoms with Gasteiger partial charge in [-0.05, 0) is 18.4 Å². The lowest BCUT2D eigenvalue weighted by atomic mass is 10.2. The number of carboxylic acid groups (broad SMARTS) is 1. The number of hydrogen-bond acceptors (Lipinski definition) is 5. The van der Waals surface area contributed by atoms with Gasteiger partial charge in [-0.3, -0.25) is 0 Å². The van der Waals surface area contributed by atoms with Crippen LogP contribution in [0.4, 0.5) is 4.79 Å². The summed E-state index contributed by atoms with van der Waals surface area (Å²) >= 11 is 1.50. The molecule has 4 N–H and O–H groups in total. The van der Waals surface area contributed by atoms with Crippen LogP contribution in [0.2, 0.25) is 0 Å². The highest BCUT2D eigenvalue weighted by Gasteiger charge is 2.33. The Hall–Kier alpha value is -0.990. The Morgan fingerprint density at radius 2 is 1.94 bits per heavy atom. The van der Waals surface area contributed by atoms with Crippen molar-refractivity contribution < 1.29 is 24.9 Å². The van der Waals surface area contributed by atoms with E-state index >= 15 is 0 Å². The Balaban J connectivity index is 2.48. The third kappa shape index (κ3) is 4.04. The van der Waals surface area contributed by atoms with E-state index in [1.165, 1.54) is 16.7 Å². The summed E-state index contributed by atoms with van der Waals surface area (Å²) in [7, 11) is 0. The lowest BCUT2D eigenvalue weighted by Gasteiger charge is -2.20. The van der Waals surface area contributed by atoms with Gasteiger partial charge in [0.15, 0.2) is 0 Å². The molecule has 104 valence electrons. The summed E-state index contributed by atoms with van der Waals surface area (Å²) < 4.78 is 0. The number of carbonyl (C=O) groups excluding carboxylic acids is 1. The molecule has 0 radical (unpaired) electrons. The Labute approximate surface area is 109 Å². The lowest BCUT2D eigenvalue weighted by Crippen LogP contribution is -2.47. The van der Waals surface area contributed by atoms with Gasteiger partial charge in [0.25, 0.3) is 0 Å². The number of β-amino-alcohol motifs (C(OH)–C–C–N with tert-alkyl or cyclic N) is 2. The van der Waals surface area contributed by atoms with Gasteiger partial charge in [0.2, 0.25) is 0 Å². The van der Waals surface area contributed by atoms with Gasteiger partial charge in [0.1, 0.15) is 6.04 Å². The Morgan fingerprint density at radius 1 is 1.39 bits per heavy atom. The number of thioether (sulfide) groups is 1. The molecular formula is C10H18N2O5S. The summed E-state index contributed by atoms with van der Waals surface area (Å²) in [6.45, 7) is 0.0315. The van der Waals surface area contributed by atoms with Crippen LogP contribution in [0.5, 0.6) is 0 Å². The number of urea groups is 1. The molecule has 1 aliphatic heterocycles. The standard InChI is InChI=1S/C10H18N2O5S/c1-18-3-2-6(9(15)16)11-10(17)12-4-7(13)8(14)5-12/h6-8,13-14H,2-5H2,1H3,(H,11,17)(H,15,16). The molecule has 1 saturated heterocycles. The monoisotopic (exact) mass is 278 g/mol. The molecule has 1 rings (SSSR count). The van der Waals surface area contributed by atoms with E-state index in [9.17, 15) is 19.8 Å². The molecule has 3 atom stereocenters. The summed E-state index contributed by atoms with van der Waals surface area (Å²) in [5.41, 5.74) is 0. The minimum absolute atomic E-state index is 0.0157. The molecule has 0 saturated carbocycles. The zero-order valence-electron chi connectivity index (χ0n) is 10.1. The van der Waals surface area contributed by atoms with Crippen LogP contribution < -0.4 is 5.32 Å². The van der Waals surface area contributed by atoms with Crippen molar-refractivity contribution >= 4 is 23.8 Å². The summed E-state index contributed by atoms with van der Waals surface area (Å²) in [5.74, 6) is -0.458. The fraction of sp³-hybridized carbons (Fsp3) is 0.800. The first kappa shape index (κ1) is 15.1. The number of carboxylic acids is 1. The Kier molecular flexibility index (Phi) is 5.70. The van der Waals surface area contributed by atoms with Gasteiger partial charge < -0.3 is 25.5 Å². The zero-order chi connectivity index (χ0) is 13.7. The SMILES string of the molecule is CSCCC(NC(=O)N1CC(O)C(O)C1)C(=O)O. The number of nitrogens with one attached hydrogen (secondary N) is 1. The van der Waals surface area contributed by atoms with E-state index in [2.05, 4.69) is 5.32 Å². The van der Waals surface area contributed by atoms with Crippen LogP contribution in [0.1, 0.15) is 6.42 Å². The van der Waals surface area contributed by atoms with Gasteiger partial charge in [-0.15, -0.1) is 0 Å².